The fraction of sp³-hybridized carbons (Fsp3) is 0.118. The van der Waals surface area contributed by atoms with Crippen LogP contribution in [0.4, 0.5) is 10.1 Å². The lowest BCUT2D eigenvalue weighted by Gasteiger charge is -2.11. The Morgan fingerprint density at radius 3 is 2.73 bits per heavy atom. The number of nitrogens with zero attached hydrogens (tertiary/aromatic N) is 1. The second kappa shape index (κ2) is 7.01. The number of ether oxygens (including phenoxy) is 1. The molecule has 0 unspecified atom stereocenters. The van der Waals surface area contributed by atoms with Gasteiger partial charge in [-0.05, 0) is 36.4 Å². The number of carbonyl (C=O) groups is 1. The number of nitrogens with one attached hydrogen (secondary N) is 2. The Morgan fingerprint density at radius 1 is 1.27 bits per heavy atom. The molecule has 0 saturated heterocycles. The number of benzene rings is 2. The Morgan fingerprint density at radius 2 is 2.04 bits per heavy atom. The molecule has 0 aliphatic heterocycles. The lowest BCUT2D eigenvalue weighted by Crippen LogP contribution is -2.38. The van der Waals surface area contributed by atoms with Crippen LogP contribution in [-0.2, 0) is 11.3 Å². The van der Waals surface area contributed by atoms with Crippen LogP contribution >= 0.6 is 11.6 Å². The van der Waals surface area contributed by atoms with Crippen LogP contribution in [0.2, 0.25) is 5.02 Å². The van der Waals surface area contributed by atoms with E-state index >= 15 is 0 Å². The fourth-order valence-corrected chi connectivity index (χ4v) is 2.75. The zero-order valence-corrected chi connectivity index (χ0v) is 14.3. The quantitative estimate of drug-likeness (QED) is 0.681. The van der Waals surface area contributed by atoms with Crippen LogP contribution in [0.3, 0.4) is 0 Å². The van der Waals surface area contributed by atoms with Crippen molar-refractivity contribution in [2.24, 2.45) is 0 Å². The van der Waals surface area contributed by atoms with Crippen molar-refractivity contribution < 1.29 is 13.9 Å². The highest BCUT2D eigenvalue weighted by Crippen LogP contribution is 2.27. The summed E-state index contributed by atoms with van der Waals surface area (Å²) >= 11 is 6.00. The predicted octanol–water partition coefficient (Wildman–Crippen LogP) is 2.13. The van der Waals surface area contributed by atoms with Gasteiger partial charge in [0.2, 0.25) is 5.91 Å². The number of carbonyl (C=O) groups excluding carboxylic acids is 1. The van der Waals surface area contributed by atoms with E-state index in [0.29, 0.717) is 16.5 Å². The molecule has 0 bridgehead atoms. The summed E-state index contributed by atoms with van der Waals surface area (Å²) in [7, 11) is 1.47. The van der Waals surface area contributed by atoms with E-state index in [2.05, 4.69) is 10.3 Å². The summed E-state index contributed by atoms with van der Waals surface area (Å²) in [5.74, 6) is -0.677. The van der Waals surface area contributed by atoms with Crippen molar-refractivity contribution in [2.45, 2.75) is 6.54 Å². The molecular weight excluding hydrogens is 365 g/mol. The molecule has 0 saturated carbocycles. The van der Waals surface area contributed by atoms with E-state index in [1.54, 1.807) is 12.1 Å². The van der Waals surface area contributed by atoms with Crippen molar-refractivity contribution in [3.8, 4) is 5.75 Å². The number of halogens is 2. The van der Waals surface area contributed by atoms with Crippen molar-refractivity contribution in [3.63, 3.8) is 0 Å². The van der Waals surface area contributed by atoms with Gasteiger partial charge in [-0.15, -0.1) is 0 Å². The van der Waals surface area contributed by atoms with Gasteiger partial charge >= 0.3 is 11.1 Å². The summed E-state index contributed by atoms with van der Waals surface area (Å²) in [6.45, 7) is -0.422. The third-order valence-corrected chi connectivity index (χ3v) is 3.97. The molecule has 3 aromatic rings. The molecule has 0 aliphatic rings. The minimum absolute atomic E-state index is 0.120. The topological polar surface area (TPSA) is 93.2 Å². The zero-order valence-electron chi connectivity index (χ0n) is 13.5. The van der Waals surface area contributed by atoms with Gasteiger partial charge < -0.3 is 15.0 Å². The highest BCUT2D eigenvalue weighted by molar-refractivity contribution is 6.32. The second-order valence-electron chi connectivity index (χ2n) is 5.40. The SMILES string of the molecule is COc1ccc(NC(=O)Cn2c(=O)c(=O)[nH]c3cc(F)ccc32)cc1Cl. The Bertz CT molecular complexity index is 1120. The monoisotopic (exact) mass is 377 g/mol. The number of amides is 1. The molecule has 1 aromatic heterocycles. The lowest BCUT2D eigenvalue weighted by atomic mass is 10.2. The molecule has 3 rings (SSSR count). The fourth-order valence-electron chi connectivity index (χ4n) is 2.50. The van der Waals surface area contributed by atoms with Crippen molar-refractivity contribution >= 4 is 34.2 Å². The molecule has 1 heterocycles. The van der Waals surface area contributed by atoms with E-state index in [9.17, 15) is 18.8 Å². The molecule has 0 aliphatic carbocycles. The smallest absolute Gasteiger partial charge is 0.317 e. The van der Waals surface area contributed by atoms with Crippen LogP contribution in [0.15, 0.2) is 46.0 Å². The Labute approximate surface area is 151 Å². The average Bonchev–Trinajstić information content (AvgIpc) is 2.59. The van der Waals surface area contributed by atoms with E-state index in [0.717, 1.165) is 16.7 Å². The maximum absolute atomic E-state index is 13.3. The number of aromatic amines is 1. The molecule has 9 heteroatoms. The minimum Gasteiger partial charge on any atom is -0.495 e. The largest absolute Gasteiger partial charge is 0.495 e. The molecule has 0 radical (unpaired) electrons. The van der Waals surface area contributed by atoms with Crippen LogP contribution in [0.5, 0.6) is 5.75 Å². The van der Waals surface area contributed by atoms with Gasteiger partial charge in [-0.25, -0.2) is 4.39 Å². The van der Waals surface area contributed by atoms with Crippen LogP contribution in [0.1, 0.15) is 0 Å². The maximum atomic E-state index is 13.3. The van der Waals surface area contributed by atoms with Crippen molar-refractivity contribution in [1.29, 1.82) is 0 Å². The average molecular weight is 378 g/mol. The standard InChI is InChI=1S/C17H13ClFN3O4/c1-26-14-5-3-10(7-11(14)18)20-15(23)8-22-13-4-2-9(19)6-12(13)21-16(24)17(22)25/h2-7H,8H2,1H3,(H,20,23)(H,21,24). The van der Waals surface area contributed by atoms with Crippen LogP contribution in [0.25, 0.3) is 11.0 Å². The van der Waals surface area contributed by atoms with Crippen molar-refractivity contribution in [2.75, 3.05) is 12.4 Å². The van der Waals surface area contributed by atoms with Gasteiger partial charge in [0.25, 0.3) is 0 Å². The Kier molecular flexibility index (Phi) is 4.77. The van der Waals surface area contributed by atoms with Crippen LogP contribution in [-0.4, -0.2) is 22.6 Å². The van der Waals surface area contributed by atoms with Crippen LogP contribution < -0.4 is 21.2 Å². The first kappa shape index (κ1) is 17.7. The van der Waals surface area contributed by atoms with Gasteiger partial charge in [-0.1, -0.05) is 11.6 Å². The number of anilines is 1. The van der Waals surface area contributed by atoms with E-state index in [1.165, 1.54) is 19.2 Å². The number of fused-ring (bicyclic) bond motifs is 1. The molecule has 2 N–H and O–H groups in total. The van der Waals surface area contributed by atoms with Gasteiger partial charge in [-0.3, -0.25) is 19.0 Å². The molecule has 7 nitrogen and oxygen atoms in total. The number of hydrogen-bond donors (Lipinski definition) is 2. The van der Waals surface area contributed by atoms with E-state index in [1.807, 2.05) is 0 Å². The predicted molar refractivity (Wildman–Crippen MR) is 95.4 cm³/mol. The molecular formula is C17H13ClFN3O4. The molecule has 1 amide bonds. The van der Waals surface area contributed by atoms with Gasteiger partial charge in [0.1, 0.15) is 18.1 Å². The number of H-pyrrole nitrogens is 1. The molecule has 0 spiro atoms. The molecule has 0 fully saturated rings. The lowest BCUT2D eigenvalue weighted by molar-refractivity contribution is -0.116. The second-order valence-corrected chi connectivity index (χ2v) is 5.81. The summed E-state index contributed by atoms with van der Waals surface area (Å²) < 4.78 is 19.3. The maximum Gasteiger partial charge on any atom is 0.317 e. The summed E-state index contributed by atoms with van der Waals surface area (Å²) in [6, 6.07) is 8.18. The molecule has 0 atom stereocenters. The number of aromatic nitrogens is 2. The van der Waals surface area contributed by atoms with Gasteiger partial charge in [0, 0.05) is 5.69 Å². The van der Waals surface area contributed by atoms with E-state index in [-0.39, 0.29) is 11.0 Å². The normalized spacial score (nSPS) is 10.7. The van der Waals surface area contributed by atoms with Crippen LogP contribution in [0, 0.1) is 5.82 Å². The van der Waals surface area contributed by atoms with Gasteiger partial charge in [0.15, 0.2) is 0 Å². The number of methoxy groups -OCH3 is 1. The summed E-state index contributed by atoms with van der Waals surface area (Å²) in [6.07, 6.45) is 0. The summed E-state index contributed by atoms with van der Waals surface area (Å²) in [4.78, 5) is 38.4. The van der Waals surface area contributed by atoms with Gasteiger partial charge in [-0.2, -0.15) is 0 Å². The number of hydrogen-bond acceptors (Lipinski definition) is 4. The summed E-state index contributed by atoms with van der Waals surface area (Å²) in [5, 5.41) is 2.89. The first-order chi connectivity index (χ1) is 12.4. The highest BCUT2D eigenvalue weighted by atomic mass is 35.5. The third-order valence-electron chi connectivity index (χ3n) is 3.67. The molecule has 134 valence electrons. The first-order valence-electron chi connectivity index (χ1n) is 7.45. The number of rotatable bonds is 4. The van der Waals surface area contributed by atoms with E-state index < -0.39 is 29.4 Å². The molecule has 2 aromatic carbocycles. The zero-order chi connectivity index (χ0) is 18.8. The first-order valence-corrected chi connectivity index (χ1v) is 7.82. The molecule has 26 heavy (non-hydrogen) atoms. The summed E-state index contributed by atoms with van der Waals surface area (Å²) in [5.41, 5.74) is -1.10. The Hall–Kier alpha value is -3.13. The highest BCUT2D eigenvalue weighted by Gasteiger charge is 2.13. The van der Waals surface area contributed by atoms with Gasteiger partial charge in [0.05, 0.1) is 23.2 Å². The minimum atomic E-state index is -0.941. The third kappa shape index (κ3) is 3.45. The van der Waals surface area contributed by atoms with E-state index in [4.69, 9.17) is 16.3 Å². The van der Waals surface area contributed by atoms with Crippen molar-refractivity contribution in [3.05, 3.63) is 67.9 Å². The van der Waals surface area contributed by atoms with Crippen molar-refractivity contribution in [1.82, 2.24) is 9.55 Å². The Balaban J connectivity index is 1.92.